The molecule has 0 spiro atoms. The number of nitrogens with zero attached hydrogens (tertiary/aromatic N) is 2. The third-order valence-corrected chi connectivity index (χ3v) is 4.57. The first-order valence-corrected chi connectivity index (χ1v) is 8.94. The molecule has 0 aliphatic carbocycles. The van der Waals surface area contributed by atoms with Gasteiger partial charge in [0.15, 0.2) is 0 Å². The van der Waals surface area contributed by atoms with Gasteiger partial charge in [0, 0.05) is 0 Å². The van der Waals surface area contributed by atoms with Crippen molar-refractivity contribution in [2.45, 2.75) is 20.1 Å². The van der Waals surface area contributed by atoms with E-state index in [4.69, 9.17) is 18.9 Å². The number of hydrogen-bond donors (Lipinski definition) is 0. The molecule has 0 fully saturated rings. The highest BCUT2D eigenvalue weighted by Crippen LogP contribution is 2.22. The van der Waals surface area contributed by atoms with Crippen LogP contribution in [0.3, 0.4) is 0 Å². The zero-order valence-electron chi connectivity index (χ0n) is 15.7. The minimum atomic E-state index is -0.425. The van der Waals surface area contributed by atoms with E-state index in [2.05, 4.69) is 0 Å². The Morgan fingerprint density at radius 1 is 1.11 bits per heavy atom. The summed E-state index contributed by atoms with van der Waals surface area (Å²) in [5, 5.41) is 0. The number of para-hydroxylation sites is 2. The van der Waals surface area contributed by atoms with Crippen molar-refractivity contribution in [2.24, 2.45) is 0 Å². The predicted octanol–water partition coefficient (Wildman–Crippen LogP) is 4.35. The van der Waals surface area contributed by atoms with Crippen LogP contribution in [0.15, 0.2) is 65.3 Å². The highest BCUT2D eigenvalue weighted by molar-refractivity contribution is 5.90. The number of hydrogen-bond acceptors (Lipinski definition) is 5. The highest BCUT2D eigenvalue weighted by Gasteiger charge is 2.19. The molecule has 0 atom stereocenters. The maximum atomic E-state index is 12.0. The van der Waals surface area contributed by atoms with Crippen LogP contribution in [0.2, 0.25) is 0 Å². The number of carbonyl (C=O) groups is 1. The first-order valence-electron chi connectivity index (χ1n) is 8.94. The summed E-state index contributed by atoms with van der Waals surface area (Å²) in [7, 11) is 1.35. The molecule has 0 saturated heterocycles. The van der Waals surface area contributed by atoms with Crippen LogP contribution in [-0.4, -0.2) is 22.6 Å². The van der Waals surface area contributed by atoms with E-state index in [0.29, 0.717) is 24.5 Å². The molecule has 4 aromatic rings. The fourth-order valence-corrected chi connectivity index (χ4v) is 3.09. The van der Waals surface area contributed by atoms with Gasteiger partial charge in [-0.3, -0.25) is 0 Å². The van der Waals surface area contributed by atoms with Gasteiger partial charge in [-0.25, -0.2) is 9.78 Å². The van der Waals surface area contributed by atoms with Crippen LogP contribution >= 0.6 is 0 Å². The summed E-state index contributed by atoms with van der Waals surface area (Å²) in [5.41, 5.74) is 3.38. The van der Waals surface area contributed by atoms with Gasteiger partial charge in [0.25, 0.3) is 0 Å². The molecule has 6 heteroatoms. The second-order valence-electron chi connectivity index (χ2n) is 6.45. The van der Waals surface area contributed by atoms with Crippen LogP contribution in [-0.2, 0) is 17.9 Å². The van der Waals surface area contributed by atoms with E-state index in [1.165, 1.54) is 18.9 Å². The van der Waals surface area contributed by atoms with E-state index < -0.39 is 5.97 Å². The van der Waals surface area contributed by atoms with E-state index in [-0.39, 0.29) is 0 Å². The molecule has 2 heterocycles. The van der Waals surface area contributed by atoms with E-state index >= 15 is 0 Å². The summed E-state index contributed by atoms with van der Waals surface area (Å²) >= 11 is 0. The van der Waals surface area contributed by atoms with Crippen LogP contribution in [0.5, 0.6) is 5.75 Å². The van der Waals surface area contributed by atoms with Gasteiger partial charge in [0.05, 0.1) is 31.0 Å². The number of fused-ring (bicyclic) bond motifs is 1. The van der Waals surface area contributed by atoms with Crippen molar-refractivity contribution in [3.05, 3.63) is 83.6 Å². The Morgan fingerprint density at radius 2 is 1.89 bits per heavy atom. The number of methoxy groups -OCH3 is 1. The second kappa shape index (κ2) is 7.60. The van der Waals surface area contributed by atoms with Crippen molar-refractivity contribution in [1.82, 2.24) is 9.55 Å². The number of benzene rings is 2. The Bertz CT molecular complexity index is 1110. The summed E-state index contributed by atoms with van der Waals surface area (Å²) in [5.74, 6) is 1.61. The van der Waals surface area contributed by atoms with Crippen LogP contribution in [0.1, 0.15) is 27.5 Å². The minimum Gasteiger partial charge on any atom is -0.486 e. The average Bonchev–Trinajstić information content (AvgIpc) is 3.32. The number of aryl methyl sites for hydroxylation is 1. The molecule has 2 aromatic carbocycles. The van der Waals surface area contributed by atoms with Gasteiger partial charge < -0.3 is 18.5 Å². The maximum absolute atomic E-state index is 12.0. The van der Waals surface area contributed by atoms with Gasteiger partial charge in [0.1, 0.15) is 29.5 Å². The Hall–Kier alpha value is -3.54. The van der Waals surface area contributed by atoms with Crippen molar-refractivity contribution < 1.29 is 18.7 Å². The normalized spacial score (nSPS) is 10.9. The molecule has 4 rings (SSSR count). The molecular weight excluding hydrogens is 356 g/mol. The van der Waals surface area contributed by atoms with Gasteiger partial charge >= 0.3 is 5.97 Å². The molecule has 0 bridgehead atoms. The fraction of sp³-hybridized carbons (Fsp3) is 0.182. The second-order valence-corrected chi connectivity index (χ2v) is 6.45. The summed E-state index contributed by atoms with van der Waals surface area (Å²) in [4.78, 5) is 16.7. The molecule has 2 aromatic heterocycles. The summed E-state index contributed by atoms with van der Waals surface area (Å²) in [6, 6.07) is 17.3. The van der Waals surface area contributed by atoms with E-state index in [1.54, 1.807) is 6.07 Å². The first kappa shape index (κ1) is 17.9. The third-order valence-electron chi connectivity index (χ3n) is 4.57. The zero-order valence-corrected chi connectivity index (χ0v) is 15.7. The predicted molar refractivity (Wildman–Crippen MR) is 104 cm³/mol. The molecule has 0 aliphatic heterocycles. The lowest BCUT2D eigenvalue weighted by Gasteiger charge is -2.10. The molecule has 0 amide bonds. The number of rotatable bonds is 6. The number of esters is 1. The number of aromatic nitrogens is 2. The van der Waals surface area contributed by atoms with Gasteiger partial charge in [-0.15, -0.1) is 0 Å². The maximum Gasteiger partial charge on any atom is 0.341 e. The Morgan fingerprint density at radius 3 is 2.68 bits per heavy atom. The smallest absolute Gasteiger partial charge is 0.341 e. The van der Waals surface area contributed by atoms with Crippen molar-refractivity contribution in [3.8, 4) is 5.75 Å². The highest BCUT2D eigenvalue weighted by atomic mass is 16.5. The lowest BCUT2D eigenvalue weighted by molar-refractivity contribution is 0.0598. The van der Waals surface area contributed by atoms with Gasteiger partial charge in [-0.1, -0.05) is 29.8 Å². The summed E-state index contributed by atoms with van der Waals surface area (Å²) < 4.78 is 18.3. The van der Waals surface area contributed by atoms with E-state index in [0.717, 1.165) is 22.6 Å². The average molecular weight is 376 g/mol. The first-order chi connectivity index (χ1) is 13.7. The minimum absolute atomic E-state index is 0.298. The van der Waals surface area contributed by atoms with Gasteiger partial charge in [0.2, 0.25) is 0 Å². The van der Waals surface area contributed by atoms with Crippen LogP contribution < -0.4 is 4.74 Å². The monoisotopic (exact) mass is 376 g/mol. The lowest BCUT2D eigenvalue weighted by Crippen LogP contribution is -2.11. The molecule has 0 unspecified atom stereocenters. The van der Waals surface area contributed by atoms with Crippen LogP contribution in [0.4, 0.5) is 0 Å². The molecule has 142 valence electrons. The molecule has 0 saturated carbocycles. The summed E-state index contributed by atoms with van der Waals surface area (Å²) in [6.07, 6.45) is 1.49. The SMILES string of the molecule is COC(=O)c1ccoc1Cn1c(COc2ccc(C)cc2)nc2ccccc21. The van der Waals surface area contributed by atoms with Crippen molar-refractivity contribution in [3.63, 3.8) is 0 Å². The topological polar surface area (TPSA) is 66.5 Å². The standard InChI is InChI=1S/C22H20N2O4/c1-15-7-9-16(10-8-15)28-14-21-23-18-5-3-4-6-19(18)24(21)13-20-17(11-12-27-20)22(25)26-2/h3-12H,13-14H2,1-2H3. The Labute approximate surface area is 162 Å². The molecule has 0 aliphatic rings. The summed E-state index contributed by atoms with van der Waals surface area (Å²) in [6.45, 7) is 2.68. The van der Waals surface area contributed by atoms with Gasteiger partial charge in [-0.05, 0) is 37.3 Å². The van der Waals surface area contributed by atoms with Crippen molar-refractivity contribution >= 4 is 17.0 Å². The fourth-order valence-electron chi connectivity index (χ4n) is 3.09. The Kier molecular flexibility index (Phi) is 4.85. The number of imidazole rings is 1. The van der Waals surface area contributed by atoms with Crippen molar-refractivity contribution in [2.75, 3.05) is 7.11 Å². The molecule has 0 radical (unpaired) electrons. The van der Waals surface area contributed by atoms with E-state index in [9.17, 15) is 4.79 Å². The number of carbonyl (C=O) groups excluding carboxylic acids is 1. The molecule has 6 nitrogen and oxygen atoms in total. The largest absolute Gasteiger partial charge is 0.486 e. The third kappa shape index (κ3) is 3.49. The quantitative estimate of drug-likeness (QED) is 0.468. The molecule has 28 heavy (non-hydrogen) atoms. The van der Waals surface area contributed by atoms with E-state index in [1.807, 2.05) is 60.0 Å². The van der Waals surface area contributed by atoms with Crippen molar-refractivity contribution in [1.29, 1.82) is 0 Å². The van der Waals surface area contributed by atoms with Crippen LogP contribution in [0.25, 0.3) is 11.0 Å². The number of furan rings is 1. The van der Waals surface area contributed by atoms with Crippen LogP contribution in [0, 0.1) is 6.92 Å². The number of ether oxygens (including phenoxy) is 2. The lowest BCUT2D eigenvalue weighted by atomic mass is 10.2. The molecular formula is C22H20N2O4. The van der Waals surface area contributed by atoms with Gasteiger partial charge in [-0.2, -0.15) is 0 Å². The molecule has 0 N–H and O–H groups in total. The zero-order chi connectivity index (χ0) is 19.5. The Balaban J connectivity index is 1.66.